The van der Waals surface area contributed by atoms with E-state index in [1.165, 1.54) is 5.56 Å². The van der Waals surface area contributed by atoms with Gasteiger partial charge in [-0.3, -0.25) is 0 Å². The molecular weight excluding hydrogens is 336 g/mol. The van der Waals surface area contributed by atoms with E-state index >= 15 is 0 Å². The first kappa shape index (κ1) is 19.3. The molecule has 1 N–H and O–H groups in total. The third-order valence-corrected chi connectivity index (χ3v) is 5.68. The first-order valence-corrected chi connectivity index (χ1v) is 9.72. The predicted octanol–water partition coefficient (Wildman–Crippen LogP) is 2.98. The van der Waals surface area contributed by atoms with Gasteiger partial charge in [-0.05, 0) is 61.2 Å². The van der Waals surface area contributed by atoms with E-state index in [1.54, 1.807) is 32.2 Å². The minimum absolute atomic E-state index is 0.295. The molecule has 136 valence electrons. The Morgan fingerprint density at radius 2 is 1.76 bits per heavy atom. The molecule has 6 heteroatoms. The van der Waals surface area contributed by atoms with Gasteiger partial charge >= 0.3 is 0 Å². The van der Waals surface area contributed by atoms with Crippen LogP contribution in [0.25, 0.3) is 0 Å². The predicted molar refractivity (Wildman–Crippen MR) is 102 cm³/mol. The van der Waals surface area contributed by atoms with Crippen LogP contribution in [0.15, 0.2) is 47.4 Å². The van der Waals surface area contributed by atoms with E-state index in [0.29, 0.717) is 22.8 Å². The molecule has 0 aliphatic heterocycles. The molecule has 2 aromatic carbocycles. The van der Waals surface area contributed by atoms with Crippen molar-refractivity contribution in [3.05, 3.63) is 53.6 Å². The second-order valence-electron chi connectivity index (χ2n) is 6.19. The third kappa shape index (κ3) is 5.21. The summed E-state index contributed by atoms with van der Waals surface area (Å²) in [4.78, 5) is 2.35. The number of hydrogen-bond acceptors (Lipinski definition) is 4. The first-order valence-electron chi connectivity index (χ1n) is 8.24. The minimum atomic E-state index is -3.50. The van der Waals surface area contributed by atoms with Gasteiger partial charge in [0.15, 0.2) is 0 Å². The molecule has 0 bridgehead atoms. The molecule has 0 aromatic heterocycles. The molecule has 0 saturated carbocycles. The highest BCUT2D eigenvalue weighted by atomic mass is 32.2. The van der Waals surface area contributed by atoms with Gasteiger partial charge in [0.25, 0.3) is 0 Å². The number of aryl methyl sites for hydroxylation is 2. The first-order chi connectivity index (χ1) is 11.8. The molecule has 0 unspecified atom stereocenters. The molecule has 25 heavy (non-hydrogen) atoms. The van der Waals surface area contributed by atoms with Gasteiger partial charge in [-0.25, -0.2) is 13.1 Å². The van der Waals surface area contributed by atoms with Crippen LogP contribution >= 0.6 is 0 Å². The van der Waals surface area contributed by atoms with E-state index < -0.39 is 10.0 Å². The van der Waals surface area contributed by atoms with Crippen molar-refractivity contribution in [3.63, 3.8) is 0 Å². The van der Waals surface area contributed by atoms with Gasteiger partial charge in [-0.15, -0.1) is 0 Å². The van der Waals surface area contributed by atoms with E-state index in [9.17, 15) is 8.42 Å². The number of anilines is 1. The number of rotatable bonds is 8. The maximum Gasteiger partial charge on any atom is 0.240 e. The largest absolute Gasteiger partial charge is 0.497 e. The zero-order valence-electron chi connectivity index (χ0n) is 15.2. The highest BCUT2D eigenvalue weighted by molar-refractivity contribution is 7.89. The Hall–Kier alpha value is -2.05. The highest BCUT2D eigenvalue weighted by Crippen LogP contribution is 2.20. The Morgan fingerprint density at radius 1 is 1.08 bits per heavy atom. The van der Waals surface area contributed by atoms with Crippen LogP contribution in [0.5, 0.6) is 5.75 Å². The summed E-state index contributed by atoms with van der Waals surface area (Å²) in [7, 11) is 2.07. The van der Waals surface area contributed by atoms with Crippen LogP contribution in [0, 0.1) is 6.92 Å². The van der Waals surface area contributed by atoms with Gasteiger partial charge in [0, 0.05) is 26.3 Å². The van der Waals surface area contributed by atoms with Crippen molar-refractivity contribution >= 4 is 15.7 Å². The summed E-state index contributed by atoms with van der Waals surface area (Å²) in [5.74, 6) is 0.651. The molecule has 0 aliphatic carbocycles. The van der Waals surface area contributed by atoms with Gasteiger partial charge in [-0.1, -0.05) is 12.1 Å². The Labute approximate surface area is 150 Å². The summed E-state index contributed by atoms with van der Waals surface area (Å²) in [5, 5.41) is 0. The highest BCUT2D eigenvalue weighted by Gasteiger charge is 2.16. The number of nitrogens with zero attached hydrogens (tertiary/aromatic N) is 1. The smallest absolute Gasteiger partial charge is 0.240 e. The summed E-state index contributed by atoms with van der Waals surface area (Å²) >= 11 is 0. The quantitative estimate of drug-likeness (QED) is 0.734. The number of sulfonamides is 1. The zero-order valence-corrected chi connectivity index (χ0v) is 16.1. The number of hydrogen-bond donors (Lipinski definition) is 1. The van der Waals surface area contributed by atoms with Gasteiger partial charge < -0.3 is 9.64 Å². The van der Waals surface area contributed by atoms with Crippen LogP contribution < -0.4 is 14.4 Å². The molecule has 0 saturated heterocycles. The second-order valence-corrected chi connectivity index (χ2v) is 7.93. The van der Waals surface area contributed by atoms with Gasteiger partial charge in [0.2, 0.25) is 10.0 Å². The average molecular weight is 362 g/mol. The topological polar surface area (TPSA) is 58.6 Å². The lowest BCUT2D eigenvalue weighted by molar-refractivity contribution is 0.414. The van der Waals surface area contributed by atoms with Gasteiger partial charge in [0.1, 0.15) is 5.75 Å². The fraction of sp³-hybridized carbons (Fsp3) is 0.368. The van der Waals surface area contributed by atoms with E-state index in [2.05, 4.69) is 33.9 Å². The van der Waals surface area contributed by atoms with Crippen LogP contribution in [-0.4, -0.2) is 36.2 Å². The van der Waals surface area contributed by atoms with Crippen molar-refractivity contribution < 1.29 is 13.2 Å². The molecule has 0 amide bonds. The molecule has 0 spiro atoms. The third-order valence-electron chi connectivity index (χ3n) is 4.06. The summed E-state index contributed by atoms with van der Waals surface area (Å²) < 4.78 is 32.6. The van der Waals surface area contributed by atoms with Crippen molar-refractivity contribution in [2.75, 3.05) is 32.6 Å². The number of benzene rings is 2. The molecule has 0 fully saturated rings. The molecule has 0 heterocycles. The van der Waals surface area contributed by atoms with Crippen molar-refractivity contribution in [2.24, 2.45) is 0 Å². The Morgan fingerprint density at radius 3 is 2.32 bits per heavy atom. The molecule has 5 nitrogen and oxygen atoms in total. The molecule has 0 radical (unpaired) electrons. The summed E-state index contributed by atoms with van der Waals surface area (Å²) in [6.45, 7) is 2.17. The van der Waals surface area contributed by atoms with E-state index in [1.807, 2.05) is 14.1 Å². The zero-order chi connectivity index (χ0) is 18.4. The van der Waals surface area contributed by atoms with Gasteiger partial charge in [-0.2, -0.15) is 0 Å². The molecule has 0 aliphatic rings. The number of nitrogens with one attached hydrogen (secondary N) is 1. The fourth-order valence-corrected chi connectivity index (χ4v) is 3.89. The lowest BCUT2D eigenvalue weighted by Gasteiger charge is -2.13. The van der Waals surface area contributed by atoms with Crippen LogP contribution in [0.3, 0.4) is 0 Å². The Bertz CT molecular complexity index is 800. The Balaban J connectivity index is 1.90. The number of methoxy groups -OCH3 is 1. The van der Waals surface area contributed by atoms with Crippen molar-refractivity contribution in [3.8, 4) is 5.75 Å². The van der Waals surface area contributed by atoms with Crippen molar-refractivity contribution in [1.82, 2.24) is 4.72 Å². The van der Waals surface area contributed by atoms with E-state index in [0.717, 1.165) is 18.5 Å². The molecule has 0 atom stereocenters. The second kappa shape index (κ2) is 8.36. The van der Waals surface area contributed by atoms with E-state index in [-0.39, 0.29) is 0 Å². The summed E-state index contributed by atoms with van der Waals surface area (Å²) in [6, 6.07) is 13.3. The van der Waals surface area contributed by atoms with Crippen LogP contribution in [0.2, 0.25) is 0 Å². The Kier molecular flexibility index (Phi) is 6.45. The minimum Gasteiger partial charge on any atom is -0.497 e. The summed E-state index contributed by atoms with van der Waals surface area (Å²) in [5.41, 5.74) is 3.02. The summed E-state index contributed by atoms with van der Waals surface area (Å²) in [6.07, 6.45) is 1.58. The maximum atomic E-state index is 12.4. The average Bonchev–Trinajstić information content (AvgIpc) is 2.58. The lowest BCUT2D eigenvalue weighted by atomic mass is 10.1. The lowest BCUT2D eigenvalue weighted by Crippen LogP contribution is -2.25. The van der Waals surface area contributed by atoms with E-state index in [4.69, 9.17) is 4.74 Å². The van der Waals surface area contributed by atoms with Crippen LogP contribution in [-0.2, 0) is 16.4 Å². The van der Waals surface area contributed by atoms with Crippen molar-refractivity contribution in [2.45, 2.75) is 24.7 Å². The van der Waals surface area contributed by atoms with Gasteiger partial charge in [0.05, 0.1) is 12.0 Å². The number of ether oxygens (including phenoxy) is 1. The molecule has 2 aromatic rings. The fourth-order valence-electron chi connectivity index (χ4n) is 2.59. The van der Waals surface area contributed by atoms with Crippen LogP contribution in [0.1, 0.15) is 17.5 Å². The van der Waals surface area contributed by atoms with Crippen LogP contribution in [0.4, 0.5) is 5.69 Å². The standard InChI is InChI=1S/C19H26N2O3S/c1-15-14-18(24-4)11-12-19(15)25(22,23)20-13-5-6-16-7-9-17(10-8-16)21(2)3/h7-12,14,20H,5-6,13H2,1-4H3. The molecule has 2 rings (SSSR count). The molecular formula is C19H26N2O3S. The van der Waals surface area contributed by atoms with Crippen molar-refractivity contribution in [1.29, 1.82) is 0 Å². The SMILES string of the molecule is COc1ccc(S(=O)(=O)NCCCc2ccc(N(C)C)cc2)c(C)c1. The maximum absolute atomic E-state index is 12.4. The normalized spacial score (nSPS) is 11.4. The monoisotopic (exact) mass is 362 g/mol.